The lowest BCUT2D eigenvalue weighted by Crippen LogP contribution is -2.51. The van der Waals surface area contributed by atoms with Gasteiger partial charge in [-0.25, -0.2) is 4.39 Å². The lowest BCUT2D eigenvalue weighted by molar-refractivity contribution is -0.0585. The Morgan fingerprint density at radius 2 is 1.95 bits per heavy atom. The highest BCUT2D eigenvalue weighted by Crippen LogP contribution is 2.61. The van der Waals surface area contributed by atoms with Crippen LogP contribution in [0.4, 0.5) is 4.39 Å². The van der Waals surface area contributed by atoms with Crippen LogP contribution < -0.4 is 0 Å². The highest BCUT2D eigenvalue weighted by molar-refractivity contribution is 6.31. The first-order valence-electron chi connectivity index (χ1n) is 6.54. The van der Waals surface area contributed by atoms with E-state index in [1.165, 1.54) is 6.07 Å². The summed E-state index contributed by atoms with van der Waals surface area (Å²) in [6.07, 6.45) is 3.31. The molecular formula is C15H15ClFNO. The lowest BCUT2D eigenvalue weighted by atomic mass is 9.48. The first kappa shape index (κ1) is 12.9. The van der Waals surface area contributed by atoms with Crippen LogP contribution in [0.3, 0.4) is 0 Å². The number of benzene rings is 1. The fraction of sp³-hybridized carbons (Fsp3) is 0.533. The monoisotopic (exact) mass is 279 g/mol. The van der Waals surface area contributed by atoms with Gasteiger partial charge in [-0.05, 0) is 43.2 Å². The van der Waals surface area contributed by atoms with E-state index in [1.54, 1.807) is 12.1 Å². The van der Waals surface area contributed by atoms with Crippen LogP contribution in [0.15, 0.2) is 18.2 Å². The molecule has 2 fully saturated rings. The van der Waals surface area contributed by atoms with Gasteiger partial charge in [0.1, 0.15) is 5.82 Å². The molecule has 1 aliphatic heterocycles. The summed E-state index contributed by atoms with van der Waals surface area (Å²) in [7, 11) is 0. The zero-order valence-corrected chi connectivity index (χ0v) is 11.3. The highest BCUT2D eigenvalue weighted by atomic mass is 35.5. The normalized spacial score (nSPS) is 23.6. The number of nitrogens with zero attached hydrogens (tertiary/aromatic N) is 1. The topological polar surface area (TPSA) is 33.0 Å². The highest BCUT2D eigenvalue weighted by Gasteiger charge is 2.57. The average Bonchev–Trinajstić information content (AvgIpc) is 2.37. The molecule has 1 saturated carbocycles. The number of ether oxygens (including phenoxy) is 1. The molecule has 0 amide bonds. The van der Waals surface area contributed by atoms with E-state index in [0.29, 0.717) is 23.4 Å². The van der Waals surface area contributed by atoms with Crippen molar-refractivity contribution in [2.24, 2.45) is 5.41 Å². The molecule has 1 aromatic rings. The summed E-state index contributed by atoms with van der Waals surface area (Å²) in [5.41, 5.74) is -0.212. The third-order valence-electron chi connectivity index (χ3n) is 4.56. The van der Waals surface area contributed by atoms with E-state index in [9.17, 15) is 9.65 Å². The van der Waals surface area contributed by atoms with Crippen LogP contribution in [-0.4, -0.2) is 13.2 Å². The summed E-state index contributed by atoms with van der Waals surface area (Å²) in [6, 6.07) is 6.94. The predicted molar refractivity (Wildman–Crippen MR) is 70.4 cm³/mol. The Labute approximate surface area is 117 Å². The number of hydrogen-bond acceptors (Lipinski definition) is 2. The quantitative estimate of drug-likeness (QED) is 0.783. The van der Waals surface area contributed by atoms with E-state index in [2.05, 4.69) is 6.07 Å². The van der Waals surface area contributed by atoms with Crippen LogP contribution in [0.2, 0.25) is 5.02 Å². The van der Waals surface area contributed by atoms with E-state index < -0.39 is 5.41 Å². The molecule has 0 aromatic heterocycles. The van der Waals surface area contributed by atoms with Crippen molar-refractivity contribution in [1.82, 2.24) is 0 Å². The van der Waals surface area contributed by atoms with Crippen molar-refractivity contribution in [2.45, 2.75) is 31.1 Å². The summed E-state index contributed by atoms with van der Waals surface area (Å²) < 4.78 is 19.4. The molecule has 0 N–H and O–H groups in total. The maximum atomic E-state index is 14.0. The van der Waals surface area contributed by atoms with Crippen LogP contribution in [0.25, 0.3) is 0 Å². The molecule has 0 radical (unpaired) electrons. The minimum absolute atomic E-state index is 0.152. The van der Waals surface area contributed by atoms with Gasteiger partial charge in [0.2, 0.25) is 0 Å². The second-order valence-electron chi connectivity index (χ2n) is 5.76. The van der Waals surface area contributed by atoms with Crippen molar-refractivity contribution < 1.29 is 9.13 Å². The van der Waals surface area contributed by atoms with Crippen LogP contribution >= 0.6 is 11.6 Å². The molecule has 0 atom stereocenters. The molecular weight excluding hydrogens is 265 g/mol. The number of rotatable bonds is 1. The molecule has 0 bridgehead atoms. The predicted octanol–water partition coefficient (Wildman–Crippen LogP) is 3.83. The largest absolute Gasteiger partial charge is 0.381 e. The fourth-order valence-corrected chi connectivity index (χ4v) is 4.00. The van der Waals surface area contributed by atoms with Crippen molar-refractivity contribution in [3.63, 3.8) is 0 Å². The molecule has 3 rings (SSSR count). The fourth-order valence-electron chi connectivity index (χ4n) is 3.65. The third kappa shape index (κ3) is 1.94. The number of halogens is 2. The van der Waals surface area contributed by atoms with Gasteiger partial charge in [0, 0.05) is 23.8 Å². The first-order valence-corrected chi connectivity index (χ1v) is 6.92. The standard InChI is InChI=1S/C15H15ClFNO/c16-11-2-1-3-12(17)13(11)15(10-18)8-14(9-15)4-6-19-7-5-14/h1-3H,4-9H2. The maximum absolute atomic E-state index is 14.0. The van der Waals surface area contributed by atoms with Gasteiger partial charge in [-0.2, -0.15) is 5.26 Å². The van der Waals surface area contributed by atoms with Gasteiger partial charge in [0.15, 0.2) is 0 Å². The minimum atomic E-state index is -0.750. The van der Waals surface area contributed by atoms with Gasteiger partial charge in [-0.15, -0.1) is 0 Å². The summed E-state index contributed by atoms with van der Waals surface area (Å²) in [4.78, 5) is 0. The second-order valence-corrected chi connectivity index (χ2v) is 6.16. The van der Waals surface area contributed by atoms with Crippen LogP contribution in [0.5, 0.6) is 0 Å². The molecule has 1 saturated heterocycles. The van der Waals surface area contributed by atoms with Crippen LogP contribution in [0, 0.1) is 22.6 Å². The van der Waals surface area contributed by atoms with Gasteiger partial charge in [-0.1, -0.05) is 17.7 Å². The SMILES string of the molecule is N#CC1(c2c(F)cccc2Cl)CC2(CCOCC2)C1. The molecule has 1 spiro atoms. The zero-order chi connectivity index (χ0) is 13.5. The molecule has 1 heterocycles. The average molecular weight is 280 g/mol. The summed E-state index contributed by atoms with van der Waals surface area (Å²) >= 11 is 6.12. The van der Waals surface area contributed by atoms with Crippen LogP contribution in [0.1, 0.15) is 31.2 Å². The van der Waals surface area contributed by atoms with Gasteiger partial charge in [-0.3, -0.25) is 0 Å². The molecule has 4 heteroatoms. The van der Waals surface area contributed by atoms with Crippen molar-refractivity contribution in [2.75, 3.05) is 13.2 Å². The van der Waals surface area contributed by atoms with Gasteiger partial charge in [0.25, 0.3) is 0 Å². The zero-order valence-electron chi connectivity index (χ0n) is 10.6. The van der Waals surface area contributed by atoms with Crippen LogP contribution in [-0.2, 0) is 10.2 Å². The van der Waals surface area contributed by atoms with Gasteiger partial charge >= 0.3 is 0 Å². The Morgan fingerprint density at radius 3 is 2.53 bits per heavy atom. The Balaban J connectivity index is 1.93. The Kier molecular flexibility index (Phi) is 3.03. The molecule has 2 aliphatic rings. The second kappa shape index (κ2) is 4.47. The Morgan fingerprint density at radius 1 is 1.26 bits per heavy atom. The third-order valence-corrected chi connectivity index (χ3v) is 4.88. The van der Waals surface area contributed by atoms with Crippen molar-refractivity contribution in [3.05, 3.63) is 34.6 Å². The maximum Gasteiger partial charge on any atom is 0.129 e. The molecule has 1 aliphatic carbocycles. The minimum Gasteiger partial charge on any atom is -0.381 e. The molecule has 19 heavy (non-hydrogen) atoms. The molecule has 0 unspecified atom stereocenters. The molecule has 2 nitrogen and oxygen atoms in total. The van der Waals surface area contributed by atoms with Crippen molar-refractivity contribution >= 4 is 11.6 Å². The summed E-state index contributed by atoms with van der Waals surface area (Å²) in [5.74, 6) is -0.365. The molecule has 1 aromatic carbocycles. The van der Waals surface area contributed by atoms with E-state index in [1.807, 2.05) is 0 Å². The van der Waals surface area contributed by atoms with E-state index in [0.717, 1.165) is 26.1 Å². The van der Waals surface area contributed by atoms with E-state index in [4.69, 9.17) is 16.3 Å². The van der Waals surface area contributed by atoms with E-state index in [-0.39, 0.29) is 11.2 Å². The van der Waals surface area contributed by atoms with Gasteiger partial charge < -0.3 is 4.74 Å². The van der Waals surface area contributed by atoms with Crippen molar-refractivity contribution in [1.29, 1.82) is 5.26 Å². The number of nitriles is 1. The molecule has 100 valence electrons. The van der Waals surface area contributed by atoms with E-state index >= 15 is 0 Å². The number of hydrogen-bond donors (Lipinski definition) is 0. The Hall–Kier alpha value is -1.11. The van der Waals surface area contributed by atoms with Gasteiger partial charge in [0.05, 0.1) is 11.5 Å². The summed E-state index contributed by atoms with van der Waals surface area (Å²) in [5, 5.41) is 9.91. The Bertz CT molecular complexity index is 517. The first-order chi connectivity index (χ1) is 9.11. The lowest BCUT2D eigenvalue weighted by Gasteiger charge is -2.55. The smallest absolute Gasteiger partial charge is 0.129 e. The summed E-state index contributed by atoms with van der Waals surface area (Å²) in [6.45, 7) is 1.49. The van der Waals surface area contributed by atoms with Crippen molar-refractivity contribution in [3.8, 4) is 6.07 Å².